The van der Waals surface area contributed by atoms with Crippen molar-refractivity contribution in [2.24, 2.45) is 0 Å². The maximum atomic E-state index is 13.1. The summed E-state index contributed by atoms with van der Waals surface area (Å²) in [6, 6.07) is 8.38. The summed E-state index contributed by atoms with van der Waals surface area (Å²) in [5, 5.41) is 4.22. The summed E-state index contributed by atoms with van der Waals surface area (Å²) < 4.78 is 5.90. The van der Waals surface area contributed by atoms with Crippen LogP contribution >= 0.6 is 22.9 Å². The van der Waals surface area contributed by atoms with Crippen molar-refractivity contribution < 1.29 is 9.59 Å². The van der Waals surface area contributed by atoms with E-state index in [-0.39, 0.29) is 11.7 Å². The van der Waals surface area contributed by atoms with Gasteiger partial charge in [0.15, 0.2) is 5.78 Å². The van der Waals surface area contributed by atoms with E-state index in [1.807, 2.05) is 6.92 Å². The number of thiophene rings is 1. The summed E-state index contributed by atoms with van der Waals surface area (Å²) >= 11 is 3.22. The number of carbonyl (C=O) groups excluding carboxylic acids is 2. The van der Waals surface area contributed by atoms with Crippen LogP contribution < -0.4 is 10.2 Å². The van der Waals surface area contributed by atoms with Crippen molar-refractivity contribution in [2.45, 2.75) is 32.6 Å². The number of aryl methyl sites for hydroxylation is 2. The van der Waals surface area contributed by atoms with Gasteiger partial charge in [0.05, 0.1) is 16.0 Å². The summed E-state index contributed by atoms with van der Waals surface area (Å²) in [6.45, 7) is 6.45. The van der Waals surface area contributed by atoms with E-state index >= 15 is 0 Å². The molecule has 8 heteroatoms. The fourth-order valence-corrected chi connectivity index (χ4v) is 6.51. The largest absolute Gasteiger partial charge is 0.353 e. The van der Waals surface area contributed by atoms with Crippen molar-refractivity contribution in [1.82, 2.24) is 9.27 Å². The van der Waals surface area contributed by atoms with Crippen LogP contribution in [0.3, 0.4) is 0 Å². The minimum atomic E-state index is 0.0243. The van der Waals surface area contributed by atoms with Crippen molar-refractivity contribution in [1.29, 1.82) is 0 Å². The van der Waals surface area contributed by atoms with Crippen molar-refractivity contribution in [3.63, 3.8) is 0 Å². The maximum absolute atomic E-state index is 13.1. The van der Waals surface area contributed by atoms with E-state index < -0.39 is 0 Å². The number of amides is 1. The molecule has 2 aliphatic heterocycles. The lowest BCUT2D eigenvalue weighted by molar-refractivity contribution is -0.116. The first-order valence-electron chi connectivity index (χ1n) is 10.9. The van der Waals surface area contributed by atoms with Crippen LogP contribution in [0.1, 0.15) is 39.4 Å². The third-order valence-corrected chi connectivity index (χ3v) is 8.18. The van der Waals surface area contributed by atoms with Gasteiger partial charge in [-0.25, -0.2) is 0 Å². The molecule has 0 bridgehead atoms. The van der Waals surface area contributed by atoms with Crippen LogP contribution in [-0.2, 0) is 11.2 Å². The first kappa shape index (κ1) is 20.6. The molecule has 162 valence electrons. The molecule has 0 spiro atoms. The Balaban J connectivity index is 1.20. The molecule has 1 aromatic carbocycles. The Bertz CT molecular complexity index is 1130. The van der Waals surface area contributed by atoms with Gasteiger partial charge in [0.1, 0.15) is 5.82 Å². The molecule has 5 rings (SSSR count). The van der Waals surface area contributed by atoms with E-state index in [1.165, 1.54) is 10.1 Å². The fourth-order valence-electron chi connectivity index (χ4n) is 4.53. The predicted octanol–water partition coefficient (Wildman–Crippen LogP) is 4.34. The molecule has 1 fully saturated rings. The minimum Gasteiger partial charge on any atom is -0.353 e. The lowest BCUT2D eigenvalue weighted by Gasteiger charge is -2.35. The second-order valence-electron chi connectivity index (χ2n) is 8.24. The highest BCUT2D eigenvalue weighted by atomic mass is 32.1. The van der Waals surface area contributed by atoms with Crippen molar-refractivity contribution in [3.8, 4) is 0 Å². The van der Waals surface area contributed by atoms with Crippen LogP contribution in [-0.4, -0.2) is 53.7 Å². The van der Waals surface area contributed by atoms with Gasteiger partial charge in [-0.15, -0.1) is 11.3 Å². The van der Waals surface area contributed by atoms with Gasteiger partial charge in [-0.2, -0.15) is 4.37 Å². The molecule has 6 nitrogen and oxygen atoms in total. The second-order valence-corrected chi connectivity index (χ2v) is 10.4. The Labute approximate surface area is 190 Å². The van der Waals surface area contributed by atoms with Gasteiger partial charge in [-0.1, -0.05) is 12.1 Å². The zero-order valence-electron chi connectivity index (χ0n) is 17.6. The van der Waals surface area contributed by atoms with Crippen LogP contribution in [0.15, 0.2) is 24.3 Å². The number of hydrogen-bond donors (Lipinski definition) is 1. The molecule has 0 saturated carbocycles. The number of aromatic nitrogens is 1. The summed E-state index contributed by atoms with van der Waals surface area (Å²) in [4.78, 5) is 32.0. The van der Waals surface area contributed by atoms with Crippen LogP contribution in [0.2, 0.25) is 0 Å². The van der Waals surface area contributed by atoms with Crippen molar-refractivity contribution >= 4 is 56.2 Å². The number of fused-ring (bicyclic) bond motifs is 2. The standard InChI is InChI=1S/C23H26N4O2S2/c1-15-21(22-19(30-15)7-4-8-20(29)24-22)17(28)9-10-26-11-13-27(14-12-26)23-16-5-2-3-6-18(16)31-25-23/h2-3,5-6H,4,7-14H2,1H3,(H,24,29). The van der Waals surface area contributed by atoms with Crippen LogP contribution in [0.4, 0.5) is 11.5 Å². The average Bonchev–Trinajstić information content (AvgIpc) is 3.28. The second kappa shape index (κ2) is 8.68. The summed E-state index contributed by atoms with van der Waals surface area (Å²) in [5.41, 5.74) is 1.53. The first-order chi connectivity index (χ1) is 15.1. The summed E-state index contributed by atoms with van der Waals surface area (Å²) in [5.74, 6) is 1.25. The van der Waals surface area contributed by atoms with Gasteiger partial charge in [0.2, 0.25) is 5.91 Å². The average molecular weight is 455 g/mol. The SMILES string of the molecule is Cc1sc2c(c1C(=O)CCN1CCN(c3nsc4ccccc34)CC1)NC(=O)CCC2. The molecule has 0 aliphatic carbocycles. The number of piperazine rings is 1. The lowest BCUT2D eigenvalue weighted by Crippen LogP contribution is -2.47. The molecule has 31 heavy (non-hydrogen) atoms. The molecular formula is C23H26N4O2S2. The van der Waals surface area contributed by atoms with Gasteiger partial charge in [-0.05, 0) is 43.4 Å². The molecule has 0 atom stereocenters. The van der Waals surface area contributed by atoms with E-state index in [0.717, 1.165) is 72.4 Å². The molecule has 3 aromatic rings. The van der Waals surface area contributed by atoms with Crippen molar-refractivity contribution in [3.05, 3.63) is 39.6 Å². The van der Waals surface area contributed by atoms with Gasteiger partial charge in [0.25, 0.3) is 0 Å². The number of hydrogen-bond acceptors (Lipinski definition) is 7. The minimum absolute atomic E-state index is 0.0243. The molecule has 1 amide bonds. The predicted molar refractivity (Wildman–Crippen MR) is 128 cm³/mol. The molecule has 2 aromatic heterocycles. The topological polar surface area (TPSA) is 65.5 Å². The maximum Gasteiger partial charge on any atom is 0.224 e. The molecule has 4 heterocycles. The normalized spacial score (nSPS) is 17.5. The molecule has 0 unspecified atom stereocenters. The third kappa shape index (κ3) is 4.12. The first-order valence-corrected chi connectivity index (χ1v) is 12.5. The lowest BCUT2D eigenvalue weighted by atomic mass is 10.1. The Kier molecular flexibility index (Phi) is 5.77. The Morgan fingerprint density at radius 1 is 1.16 bits per heavy atom. The van der Waals surface area contributed by atoms with E-state index in [9.17, 15) is 9.59 Å². The molecule has 1 saturated heterocycles. The highest BCUT2D eigenvalue weighted by molar-refractivity contribution is 7.13. The molecule has 2 aliphatic rings. The van der Waals surface area contributed by atoms with Crippen LogP contribution in [0, 0.1) is 6.92 Å². The zero-order valence-corrected chi connectivity index (χ0v) is 19.3. The monoisotopic (exact) mass is 454 g/mol. The number of rotatable bonds is 5. The quantitative estimate of drug-likeness (QED) is 0.581. The molecular weight excluding hydrogens is 428 g/mol. The number of carbonyl (C=O) groups is 2. The summed E-state index contributed by atoms with van der Waals surface area (Å²) in [7, 11) is 0. The van der Waals surface area contributed by atoms with Gasteiger partial charge >= 0.3 is 0 Å². The van der Waals surface area contributed by atoms with E-state index in [2.05, 4.69) is 43.8 Å². The third-order valence-electron chi connectivity index (χ3n) is 6.19. The fraction of sp³-hybridized carbons (Fsp3) is 0.435. The Hall–Kier alpha value is -2.29. The van der Waals surface area contributed by atoms with Crippen LogP contribution in [0.5, 0.6) is 0 Å². The number of nitrogens with zero attached hydrogens (tertiary/aromatic N) is 3. The van der Waals surface area contributed by atoms with E-state index in [1.54, 1.807) is 22.9 Å². The highest BCUT2D eigenvalue weighted by Gasteiger charge is 2.26. The number of Topliss-reactive ketones (excluding diaryl/α,β-unsaturated/α-hetero) is 1. The van der Waals surface area contributed by atoms with Gasteiger partial charge in [-0.3, -0.25) is 14.5 Å². The number of benzene rings is 1. The van der Waals surface area contributed by atoms with Crippen LogP contribution in [0.25, 0.3) is 10.1 Å². The van der Waals surface area contributed by atoms with Gasteiger partial charge < -0.3 is 10.2 Å². The smallest absolute Gasteiger partial charge is 0.224 e. The number of nitrogens with one attached hydrogen (secondary N) is 1. The van der Waals surface area contributed by atoms with E-state index in [4.69, 9.17) is 0 Å². The highest BCUT2D eigenvalue weighted by Crippen LogP contribution is 2.37. The Morgan fingerprint density at radius 2 is 1.97 bits per heavy atom. The molecule has 1 N–H and O–H groups in total. The Morgan fingerprint density at radius 3 is 2.81 bits per heavy atom. The molecule has 0 radical (unpaired) electrons. The zero-order chi connectivity index (χ0) is 21.4. The summed E-state index contributed by atoms with van der Waals surface area (Å²) in [6.07, 6.45) is 2.75. The van der Waals surface area contributed by atoms with Gasteiger partial charge in [0, 0.05) is 60.7 Å². The number of anilines is 2. The van der Waals surface area contributed by atoms with E-state index in [0.29, 0.717) is 12.8 Å². The number of ketones is 1. The van der Waals surface area contributed by atoms with Crippen molar-refractivity contribution in [2.75, 3.05) is 42.9 Å².